The predicted octanol–water partition coefficient (Wildman–Crippen LogP) is 6.02. The van der Waals surface area contributed by atoms with Gasteiger partial charge in [0, 0.05) is 6.42 Å². The molecule has 0 saturated carbocycles. The third-order valence-corrected chi connectivity index (χ3v) is 5.43. The van der Waals surface area contributed by atoms with Crippen molar-refractivity contribution < 1.29 is 23.8 Å². The molecule has 162 valence electrons. The highest BCUT2D eigenvalue weighted by atomic mass is 32.5. The molecule has 0 aliphatic heterocycles. The fourth-order valence-corrected chi connectivity index (χ4v) is 3.56. The van der Waals surface area contributed by atoms with Gasteiger partial charge in [-0.1, -0.05) is 96.8 Å². The molecule has 0 unspecified atom stereocenters. The summed E-state index contributed by atoms with van der Waals surface area (Å²) in [7, 11) is 0. The first kappa shape index (κ1) is 27.0. The highest BCUT2D eigenvalue weighted by Crippen LogP contribution is 2.35. The van der Waals surface area contributed by atoms with Crippen LogP contribution in [0.25, 0.3) is 0 Å². The molecule has 0 bridgehead atoms. The zero-order valence-corrected chi connectivity index (χ0v) is 18.9. The molecular formula is C20H41O5PS. The summed E-state index contributed by atoms with van der Waals surface area (Å²) < 4.78 is 9.51. The Hall–Kier alpha value is -0.0000000000000000833. The Balaban J connectivity index is 3.18. The topological polar surface area (TPSA) is 76.0 Å². The van der Waals surface area contributed by atoms with Crippen LogP contribution in [0, 0.1) is 0 Å². The number of carbonyl (C=O) groups is 1. The summed E-state index contributed by atoms with van der Waals surface area (Å²) in [5.74, 6) is -0.266. The molecule has 0 fully saturated rings. The minimum atomic E-state index is -3.64. The van der Waals surface area contributed by atoms with Crippen LogP contribution < -0.4 is 0 Å². The first-order valence-corrected chi connectivity index (χ1v) is 13.4. The smallest absolute Gasteiger partial charge is 0.321 e. The lowest BCUT2D eigenvalue weighted by atomic mass is 10.0. The SMILES string of the molecule is CCCCCCCCCCCCCCCCCC(=O)OCCOP(O)(O)=S. The van der Waals surface area contributed by atoms with E-state index in [0.717, 1.165) is 12.8 Å². The van der Waals surface area contributed by atoms with Gasteiger partial charge in [0.15, 0.2) is 0 Å². The summed E-state index contributed by atoms with van der Waals surface area (Å²) in [5.41, 5.74) is 0. The van der Waals surface area contributed by atoms with E-state index in [-0.39, 0.29) is 19.2 Å². The van der Waals surface area contributed by atoms with E-state index in [0.29, 0.717) is 6.42 Å². The maximum atomic E-state index is 11.5. The lowest BCUT2D eigenvalue weighted by molar-refractivity contribution is -0.144. The number of rotatable bonds is 20. The lowest BCUT2D eigenvalue weighted by Crippen LogP contribution is -2.09. The Kier molecular flexibility index (Phi) is 19.3. The van der Waals surface area contributed by atoms with Crippen LogP contribution in [0.5, 0.6) is 0 Å². The summed E-state index contributed by atoms with van der Waals surface area (Å²) in [4.78, 5) is 29.2. The van der Waals surface area contributed by atoms with Gasteiger partial charge in [0.1, 0.15) is 6.61 Å². The molecule has 27 heavy (non-hydrogen) atoms. The maximum Gasteiger partial charge on any atom is 0.321 e. The second kappa shape index (κ2) is 19.3. The third kappa shape index (κ3) is 24.0. The van der Waals surface area contributed by atoms with E-state index in [1.165, 1.54) is 83.5 Å². The van der Waals surface area contributed by atoms with Crippen LogP contribution in [0.4, 0.5) is 0 Å². The zero-order chi connectivity index (χ0) is 20.2. The van der Waals surface area contributed by atoms with Gasteiger partial charge in [-0.2, -0.15) is 0 Å². The normalized spacial score (nSPS) is 11.7. The molecule has 0 saturated heterocycles. The molecule has 5 nitrogen and oxygen atoms in total. The Morgan fingerprint density at radius 1 is 0.741 bits per heavy atom. The molecule has 0 aromatic heterocycles. The van der Waals surface area contributed by atoms with Gasteiger partial charge in [-0.15, -0.1) is 0 Å². The monoisotopic (exact) mass is 424 g/mol. The lowest BCUT2D eigenvalue weighted by Gasteiger charge is -2.08. The summed E-state index contributed by atoms with van der Waals surface area (Å²) in [6.07, 6.45) is 19.8. The van der Waals surface area contributed by atoms with E-state index in [1.807, 2.05) is 0 Å². The quantitative estimate of drug-likeness (QED) is 0.141. The Labute approximate surface area is 171 Å². The van der Waals surface area contributed by atoms with Crippen LogP contribution >= 0.6 is 6.72 Å². The minimum absolute atomic E-state index is 0.0110. The largest absolute Gasteiger partial charge is 0.463 e. The van der Waals surface area contributed by atoms with Gasteiger partial charge in [0.2, 0.25) is 0 Å². The maximum absolute atomic E-state index is 11.5. The number of hydrogen-bond acceptors (Lipinski definition) is 4. The van der Waals surface area contributed by atoms with Crippen molar-refractivity contribution >= 4 is 24.5 Å². The van der Waals surface area contributed by atoms with Gasteiger partial charge in [0.25, 0.3) is 0 Å². The van der Waals surface area contributed by atoms with E-state index in [2.05, 4.69) is 23.3 Å². The van der Waals surface area contributed by atoms with E-state index < -0.39 is 6.72 Å². The van der Waals surface area contributed by atoms with E-state index in [1.54, 1.807) is 0 Å². The number of ether oxygens (including phenoxy) is 1. The average Bonchev–Trinajstić information content (AvgIpc) is 2.61. The average molecular weight is 425 g/mol. The standard InChI is InChI=1S/C20H41O5PS/c1-2-3-4-5-6-7-8-9-10-11-12-13-14-15-16-17-20(21)24-18-19-25-26(22,23)27/h2-19H2,1H3,(H2,22,23,27). The Morgan fingerprint density at radius 2 is 1.15 bits per heavy atom. The molecule has 0 amide bonds. The van der Waals surface area contributed by atoms with Gasteiger partial charge in [-0.05, 0) is 18.2 Å². The number of esters is 1. The molecule has 0 aromatic carbocycles. The van der Waals surface area contributed by atoms with E-state index in [9.17, 15) is 4.79 Å². The fraction of sp³-hybridized carbons (Fsp3) is 0.950. The third-order valence-electron chi connectivity index (χ3n) is 4.59. The van der Waals surface area contributed by atoms with Gasteiger partial charge >= 0.3 is 12.7 Å². The van der Waals surface area contributed by atoms with E-state index >= 15 is 0 Å². The van der Waals surface area contributed by atoms with Crippen molar-refractivity contribution in [2.45, 2.75) is 110 Å². The van der Waals surface area contributed by atoms with Crippen LogP contribution in [0.3, 0.4) is 0 Å². The zero-order valence-electron chi connectivity index (χ0n) is 17.2. The molecule has 2 N–H and O–H groups in total. The van der Waals surface area contributed by atoms with Crippen molar-refractivity contribution in [3.63, 3.8) is 0 Å². The van der Waals surface area contributed by atoms with Crippen LogP contribution in [-0.2, 0) is 25.9 Å². The summed E-state index contributed by atoms with van der Waals surface area (Å²) >= 11 is 4.30. The molecular weight excluding hydrogens is 383 g/mol. The van der Waals surface area contributed by atoms with Gasteiger partial charge in [-0.3, -0.25) is 4.79 Å². The summed E-state index contributed by atoms with van der Waals surface area (Å²) in [5, 5.41) is 0. The second-order valence-electron chi connectivity index (χ2n) is 7.24. The van der Waals surface area contributed by atoms with Crippen molar-refractivity contribution in [3.05, 3.63) is 0 Å². The number of carbonyl (C=O) groups excluding carboxylic acids is 1. The number of hydrogen-bond donors (Lipinski definition) is 2. The molecule has 0 atom stereocenters. The predicted molar refractivity (Wildman–Crippen MR) is 115 cm³/mol. The molecule has 0 aliphatic carbocycles. The van der Waals surface area contributed by atoms with Crippen LogP contribution in [-0.4, -0.2) is 29.0 Å². The molecule has 0 aromatic rings. The molecule has 0 heterocycles. The summed E-state index contributed by atoms with van der Waals surface area (Å²) in [6.45, 7) is -1.44. The van der Waals surface area contributed by atoms with Crippen molar-refractivity contribution in [2.75, 3.05) is 13.2 Å². The Bertz CT molecular complexity index is 387. The molecule has 7 heteroatoms. The van der Waals surface area contributed by atoms with Crippen molar-refractivity contribution in [1.29, 1.82) is 0 Å². The van der Waals surface area contributed by atoms with Crippen LogP contribution in [0.15, 0.2) is 0 Å². The Morgan fingerprint density at radius 3 is 1.56 bits per heavy atom. The van der Waals surface area contributed by atoms with E-state index in [4.69, 9.17) is 14.5 Å². The minimum Gasteiger partial charge on any atom is -0.463 e. The van der Waals surface area contributed by atoms with Crippen LogP contribution in [0.2, 0.25) is 0 Å². The first-order valence-electron chi connectivity index (χ1n) is 10.8. The first-order chi connectivity index (χ1) is 13.0. The van der Waals surface area contributed by atoms with Crippen LogP contribution in [0.1, 0.15) is 110 Å². The molecule has 0 radical (unpaired) electrons. The molecule has 0 spiro atoms. The van der Waals surface area contributed by atoms with Crippen molar-refractivity contribution in [2.24, 2.45) is 0 Å². The number of unbranched alkanes of at least 4 members (excludes halogenated alkanes) is 14. The van der Waals surface area contributed by atoms with Gasteiger partial charge in [-0.25, -0.2) is 0 Å². The highest BCUT2D eigenvalue weighted by molar-refractivity contribution is 8.06. The van der Waals surface area contributed by atoms with Gasteiger partial charge in [0.05, 0.1) is 6.61 Å². The molecule has 0 aliphatic rings. The summed E-state index contributed by atoms with van der Waals surface area (Å²) in [6, 6.07) is 0. The second-order valence-corrected chi connectivity index (χ2v) is 9.91. The van der Waals surface area contributed by atoms with Crippen molar-refractivity contribution in [3.8, 4) is 0 Å². The fourth-order valence-electron chi connectivity index (χ4n) is 3.02. The molecule has 0 rings (SSSR count). The van der Waals surface area contributed by atoms with Crippen molar-refractivity contribution in [1.82, 2.24) is 0 Å². The highest BCUT2D eigenvalue weighted by Gasteiger charge is 2.08. The van der Waals surface area contributed by atoms with Gasteiger partial charge < -0.3 is 19.0 Å².